The van der Waals surface area contributed by atoms with Crippen molar-refractivity contribution in [2.45, 2.75) is 20.8 Å². The van der Waals surface area contributed by atoms with Crippen LogP contribution in [-0.2, 0) is 0 Å². The van der Waals surface area contributed by atoms with Crippen molar-refractivity contribution in [3.05, 3.63) is 58.8 Å². The zero-order valence-electron chi connectivity index (χ0n) is 17.7. The minimum Gasteiger partial charge on any atom is -0.451 e. The Kier molecular flexibility index (Phi) is 7.59. The fourth-order valence-corrected chi connectivity index (χ4v) is 4.83. The Hall–Kier alpha value is -2.12. The molecule has 2 aromatic carbocycles. The smallest absolute Gasteiger partial charge is 0.295 e. The number of thiazole rings is 1. The highest BCUT2D eigenvalue weighted by atomic mass is 35.5. The van der Waals surface area contributed by atoms with E-state index < -0.39 is 0 Å². The standard InChI is InChI=1S/C23H24ClN3O2S.ClH/c1-4-26(5-2)12-13-27(22(28)19-14-16-8-6-7-9-18(16)29-19)23-25-20-15(3)10-11-17(24)21(20)30-23;/h6-11,14H,4-5,12-13H2,1-3H3;1H. The number of para-hydroxylation sites is 1. The van der Waals surface area contributed by atoms with E-state index in [2.05, 4.69) is 18.7 Å². The van der Waals surface area contributed by atoms with E-state index in [9.17, 15) is 4.79 Å². The summed E-state index contributed by atoms with van der Waals surface area (Å²) in [6, 6.07) is 13.3. The molecule has 0 aliphatic carbocycles. The summed E-state index contributed by atoms with van der Waals surface area (Å²) in [6.45, 7) is 9.37. The van der Waals surface area contributed by atoms with Crippen molar-refractivity contribution in [2.75, 3.05) is 31.1 Å². The molecular weight excluding hydrogens is 453 g/mol. The van der Waals surface area contributed by atoms with E-state index in [-0.39, 0.29) is 18.3 Å². The van der Waals surface area contributed by atoms with Gasteiger partial charge in [-0.3, -0.25) is 9.69 Å². The molecule has 2 heterocycles. The lowest BCUT2D eigenvalue weighted by atomic mass is 10.2. The van der Waals surface area contributed by atoms with Gasteiger partial charge in [0.2, 0.25) is 0 Å². The second-order valence-corrected chi connectivity index (χ2v) is 8.56. The van der Waals surface area contributed by atoms with Gasteiger partial charge in [0, 0.05) is 18.5 Å². The highest BCUT2D eigenvalue weighted by Gasteiger charge is 2.25. The maximum absolute atomic E-state index is 13.5. The molecule has 0 aliphatic heterocycles. The van der Waals surface area contributed by atoms with Crippen LogP contribution in [0.2, 0.25) is 5.02 Å². The number of rotatable bonds is 7. The quantitative estimate of drug-likeness (QED) is 0.308. The highest BCUT2D eigenvalue weighted by molar-refractivity contribution is 7.23. The molecule has 5 nitrogen and oxygen atoms in total. The molecule has 0 saturated carbocycles. The Morgan fingerprint density at radius 3 is 2.55 bits per heavy atom. The first-order chi connectivity index (χ1) is 14.5. The number of carbonyl (C=O) groups is 1. The van der Waals surface area contributed by atoms with E-state index in [1.54, 1.807) is 11.0 Å². The summed E-state index contributed by atoms with van der Waals surface area (Å²) in [4.78, 5) is 22.3. The molecule has 31 heavy (non-hydrogen) atoms. The van der Waals surface area contributed by atoms with Gasteiger partial charge in [-0.1, -0.05) is 61.1 Å². The average Bonchev–Trinajstić information content (AvgIpc) is 3.39. The van der Waals surface area contributed by atoms with Crippen LogP contribution in [-0.4, -0.2) is 42.0 Å². The van der Waals surface area contributed by atoms with Crippen LogP contribution in [0.1, 0.15) is 30.0 Å². The summed E-state index contributed by atoms with van der Waals surface area (Å²) < 4.78 is 6.76. The molecule has 0 N–H and O–H groups in total. The number of furan rings is 1. The number of carbonyl (C=O) groups excluding carboxylic acids is 1. The molecule has 0 bridgehead atoms. The topological polar surface area (TPSA) is 49.6 Å². The molecule has 0 radical (unpaired) electrons. The number of halogens is 2. The van der Waals surface area contributed by atoms with Crippen molar-refractivity contribution in [3.63, 3.8) is 0 Å². The largest absolute Gasteiger partial charge is 0.451 e. The number of aryl methyl sites for hydroxylation is 1. The zero-order valence-corrected chi connectivity index (χ0v) is 20.1. The summed E-state index contributed by atoms with van der Waals surface area (Å²) in [7, 11) is 0. The lowest BCUT2D eigenvalue weighted by molar-refractivity contribution is 0.0959. The van der Waals surface area contributed by atoms with Gasteiger partial charge in [0.15, 0.2) is 10.9 Å². The SMILES string of the molecule is CCN(CC)CCN(C(=O)c1cc2ccccc2o1)c1nc2c(C)ccc(Cl)c2s1.Cl. The van der Waals surface area contributed by atoms with Gasteiger partial charge in [0.1, 0.15) is 5.58 Å². The van der Waals surface area contributed by atoms with Gasteiger partial charge < -0.3 is 9.32 Å². The second kappa shape index (κ2) is 10.0. The fraction of sp³-hybridized carbons (Fsp3) is 0.304. The van der Waals surface area contributed by atoms with Crippen LogP contribution < -0.4 is 4.90 Å². The first kappa shape index (κ1) is 23.5. The molecule has 0 aliphatic rings. The second-order valence-electron chi connectivity index (χ2n) is 7.17. The van der Waals surface area contributed by atoms with E-state index in [1.165, 1.54) is 11.3 Å². The number of hydrogen-bond donors (Lipinski definition) is 0. The van der Waals surface area contributed by atoms with Gasteiger partial charge in [0.25, 0.3) is 5.91 Å². The van der Waals surface area contributed by atoms with Crippen LogP contribution >= 0.6 is 35.3 Å². The van der Waals surface area contributed by atoms with E-state index >= 15 is 0 Å². The van der Waals surface area contributed by atoms with Crippen LogP contribution in [0.25, 0.3) is 21.2 Å². The zero-order chi connectivity index (χ0) is 21.3. The van der Waals surface area contributed by atoms with Gasteiger partial charge >= 0.3 is 0 Å². The monoisotopic (exact) mass is 477 g/mol. The first-order valence-electron chi connectivity index (χ1n) is 10.1. The molecule has 4 aromatic rings. The van der Waals surface area contributed by atoms with Crippen molar-refractivity contribution in [2.24, 2.45) is 0 Å². The van der Waals surface area contributed by atoms with Crippen molar-refractivity contribution in [1.29, 1.82) is 0 Å². The van der Waals surface area contributed by atoms with Gasteiger partial charge in [-0.25, -0.2) is 4.98 Å². The molecule has 2 aromatic heterocycles. The van der Waals surface area contributed by atoms with Crippen LogP contribution in [0.5, 0.6) is 0 Å². The number of anilines is 1. The van der Waals surface area contributed by atoms with Gasteiger partial charge in [-0.2, -0.15) is 0 Å². The Balaban J connectivity index is 0.00000272. The summed E-state index contributed by atoms with van der Waals surface area (Å²) in [5.41, 5.74) is 2.58. The number of nitrogens with zero attached hydrogens (tertiary/aromatic N) is 3. The van der Waals surface area contributed by atoms with Crippen molar-refractivity contribution in [1.82, 2.24) is 9.88 Å². The number of benzene rings is 2. The van der Waals surface area contributed by atoms with Crippen LogP contribution in [0.15, 0.2) is 46.9 Å². The minimum atomic E-state index is -0.189. The molecule has 1 amide bonds. The van der Waals surface area contributed by atoms with Crippen LogP contribution in [0.4, 0.5) is 5.13 Å². The van der Waals surface area contributed by atoms with Gasteiger partial charge in [0.05, 0.1) is 15.2 Å². The Bertz CT molecular complexity index is 1130. The molecular formula is C23H25Cl2N3O2S. The Labute approximate surface area is 197 Å². The molecule has 0 atom stereocenters. The van der Waals surface area contributed by atoms with Crippen molar-refractivity contribution in [3.8, 4) is 0 Å². The van der Waals surface area contributed by atoms with Crippen molar-refractivity contribution >= 4 is 67.6 Å². The predicted molar refractivity (Wildman–Crippen MR) is 132 cm³/mol. The van der Waals surface area contributed by atoms with Gasteiger partial charge in [-0.05, 0) is 43.8 Å². The molecule has 0 fully saturated rings. The van der Waals surface area contributed by atoms with E-state index in [0.29, 0.717) is 28.0 Å². The third-order valence-electron chi connectivity index (χ3n) is 5.33. The lowest BCUT2D eigenvalue weighted by Gasteiger charge is -2.24. The van der Waals surface area contributed by atoms with Crippen LogP contribution in [0, 0.1) is 6.92 Å². The summed E-state index contributed by atoms with van der Waals surface area (Å²) in [6.07, 6.45) is 0. The normalized spacial score (nSPS) is 11.3. The molecule has 0 saturated heterocycles. The van der Waals surface area contributed by atoms with E-state index in [1.807, 2.05) is 43.3 Å². The molecule has 8 heteroatoms. The van der Waals surface area contributed by atoms with Crippen molar-refractivity contribution < 1.29 is 9.21 Å². The summed E-state index contributed by atoms with van der Waals surface area (Å²) >= 11 is 7.85. The third kappa shape index (κ3) is 4.72. The number of likely N-dealkylation sites (N-methyl/N-ethyl adjacent to an activating group) is 1. The average molecular weight is 478 g/mol. The molecule has 164 valence electrons. The maximum atomic E-state index is 13.5. The minimum absolute atomic E-state index is 0. The van der Waals surface area contributed by atoms with Crippen LogP contribution in [0.3, 0.4) is 0 Å². The van der Waals surface area contributed by atoms with Gasteiger partial charge in [-0.15, -0.1) is 12.4 Å². The lowest BCUT2D eigenvalue weighted by Crippen LogP contribution is -2.38. The predicted octanol–water partition coefficient (Wildman–Crippen LogP) is 6.41. The first-order valence-corrected chi connectivity index (χ1v) is 11.3. The number of hydrogen-bond acceptors (Lipinski definition) is 5. The fourth-order valence-electron chi connectivity index (χ4n) is 3.49. The van der Waals surface area contributed by atoms with E-state index in [4.69, 9.17) is 21.0 Å². The van der Waals surface area contributed by atoms with E-state index in [0.717, 1.165) is 40.8 Å². The molecule has 0 unspecified atom stereocenters. The number of aromatic nitrogens is 1. The summed E-state index contributed by atoms with van der Waals surface area (Å²) in [5, 5.41) is 2.20. The Morgan fingerprint density at radius 1 is 1.13 bits per heavy atom. The third-order valence-corrected chi connectivity index (χ3v) is 6.87. The molecule has 0 spiro atoms. The number of amides is 1. The maximum Gasteiger partial charge on any atom is 0.295 e. The Morgan fingerprint density at radius 2 is 1.87 bits per heavy atom. The number of fused-ring (bicyclic) bond motifs is 2. The summed E-state index contributed by atoms with van der Waals surface area (Å²) in [5.74, 6) is 0.129. The molecule has 4 rings (SSSR count). The highest BCUT2D eigenvalue weighted by Crippen LogP contribution is 2.36.